The first kappa shape index (κ1) is 23.8. The molecule has 1 saturated heterocycles. The maximum atomic E-state index is 12.5. The van der Waals surface area contributed by atoms with Crippen molar-refractivity contribution in [3.63, 3.8) is 0 Å². The van der Waals surface area contributed by atoms with Crippen LogP contribution in [0, 0.1) is 0 Å². The number of thioether (sulfide) groups is 1. The van der Waals surface area contributed by atoms with Crippen LogP contribution in [-0.2, 0) is 9.59 Å². The second kappa shape index (κ2) is 11.2. The molecule has 1 aliphatic heterocycles. The predicted octanol–water partition coefficient (Wildman–Crippen LogP) is 3.97. The number of nitrogens with one attached hydrogen (secondary N) is 2. The topological polar surface area (TPSA) is 95.6 Å². The van der Waals surface area contributed by atoms with Crippen LogP contribution in [0.4, 0.5) is 4.79 Å². The number of benzene rings is 2. The number of nitrogens with zero attached hydrogens (tertiary/aromatic N) is 1. The fraction of sp³-hybridized carbons (Fsp3) is 0.182. The number of hydrogen-bond acceptors (Lipinski definition) is 5. The Bertz CT molecular complexity index is 1070. The summed E-state index contributed by atoms with van der Waals surface area (Å²) in [6, 6.07) is 13.5. The molecule has 1 aliphatic rings. The van der Waals surface area contributed by atoms with Gasteiger partial charge in [0.25, 0.3) is 17.1 Å². The Balaban J connectivity index is 1.41. The first-order valence-corrected chi connectivity index (χ1v) is 11.2. The lowest BCUT2D eigenvalue weighted by Crippen LogP contribution is -2.38. The van der Waals surface area contributed by atoms with Crippen molar-refractivity contribution in [1.29, 1.82) is 0 Å². The van der Waals surface area contributed by atoms with Crippen molar-refractivity contribution in [3.8, 4) is 0 Å². The van der Waals surface area contributed by atoms with Crippen molar-refractivity contribution < 1.29 is 19.2 Å². The van der Waals surface area contributed by atoms with E-state index in [0.717, 1.165) is 22.2 Å². The van der Waals surface area contributed by atoms with Crippen molar-refractivity contribution in [2.75, 3.05) is 19.6 Å². The van der Waals surface area contributed by atoms with Crippen LogP contribution in [0.5, 0.6) is 0 Å². The average molecular weight is 492 g/mol. The van der Waals surface area contributed by atoms with E-state index in [1.807, 2.05) is 0 Å². The molecule has 32 heavy (non-hydrogen) atoms. The largest absolute Gasteiger partial charge is 0.354 e. The highest BCUT2D eigenvalue weighted by atomic mass is 35.5. The SMILES string of the molecule is O=C(CCNC(=O)c1ccccc1Cl)NCCN1C(=O)S/C(=C\c2ccc(Cl)cc2)C1=O. The standard InChI is InChI=1S/C22H19Cl2N3O4S/c23-15-7-5-14(6-8-15)13-18-21(30)27(22(31)32-18)12-11-25-19(28)9-10-26-20(29)16-3-1-2-4-17(16)24/h1-8,13H,9-12H2,(H,25,28)(H,26,29)/b18-13-. The fourth-order valence-electron chi connectivity index (χ4n) is 2.83. The van der Waals surface area contributed by atoms with E-state index in [-0.39, 0.29) is 37.9 Å². The van der Waals surface area contributed by atoms with Gasteiger partial charge in [-0.05, 0) is 47.7 Å². The summed E-state index contributed by atoms with van der Waals surface area (Å²) in [7, 11) is 0. The summed E-state index contributed by atoms with van der Waals surface area (Å²) < 4.78 is 0. The Morgan fingerprint density at radius 3 is 2.41 bits per heavy atom. The Morgan fingerprint density at radius 2 is 1.69 bits per heavy atom. The first-order valence-electron chi connectivity index (χ1n) is 9.65. The first-order chi connectivity index (χ1) is 15.3. The van der Waals surface area contributed by atoms with Gasteiger partial charge in [0.05, 0.1) is 15.5 Å². The van der Waals surface area contributed by atoms with Crippen LogP contribution < -0.4 is 10.6 Å². The maximum Gasteiger partial charge on any atom is 0.293 e. The minimum atomic E-state index is -0.406. The number of hydrogen-bond donors (Lipinski definition) is 2. The molecule has 0 saturated carbocycles. The molecule has 0 aromatic heterocycles. The summed E-state index contributed by atoms with van der Waals surface area (Å²) in [5.74, 6) is -1.09. The van der Waals surface area contributed by atoms with E-state index in [2.05, 4.69) is 10.6 Å². The highest BCUT2D eigenvalue weighted by Gasteiger charge is 2.34. The third-order valence-electron chi connectivity index (χ3n) is 4.46. The highest BCUT2D eigenvalue weighted by Crippen LogP contribution is 2.32. The van der Waals surface area contributed by atoms with Crippen LogP contribution in [0.3, 0.4) is 0 Å². The smallest absolute Gasteiger partial charge is 0.293 e. The van der Waals surface area contributed by atoms with Crippen molar-refractivity contribution in [3.05, 3.63) is 74.6 Å². The van der Waals surface area contributed by atoms with Gasteiger partial charge in [0.1, 0.15) is 0 Å². The second-order valence-corrected chi connectivity index (χ2v) is 8.56. The van der Waals surface area contributed by atoms with Gasteiger partial charge in [-0.25, -0.2) is 0 Å². The number of halogens is 2. The van der Waals surface area contributed by atoms with Gasteiger partial charge in [-0.3, -0.25) is 24.1 Å². The summed E-state index contributed by atoms with van der Waals surface area (Å²) in [6.45, 7) is 0.297. The molecule has 0 unspecified atom stereocenters. The quantitative estimate of drug-likeness (QED) is 0.544. The molecule has 166 valence electrons. The highest BCUT2D eigenvalue weighted by molar-refractivity contribution is 8.18. The van der Waals surface area contributed by atoms with Crippen molar-refractivity contribution >= 4 is 64.0 Å². The molecule has 2 aromatic carbocycles. The minimum Gasteiger partial charge on any atom is -0.354 e. The fourth-order valence-corrected chi connectivity index (χ4v) is 4.04. The van der Waals surface area contributed by atoms with Crippen molar-refractivity contribution in [2.24, 2.45) is 0 Å². The maximum absolute atomic E-state index is 12.5. The third-order valence-corrected chi connectivity index (χ3v) is 5.94. The van der Waals surface area contributed by atoms with E-state index in [1.165, 1.54) is 0 Å². The molecular weight excluding hydrogens is 473 g/mol. The van der Waals surface area contributed by atoms with E-state index in [0.29, 0.717) is 20.5 Å². The van der Waals surface area contributed by atoms with Crippen LogP contribution in [0.15, 0.2) is 53.4 Å². The van der Waals surface area contributed by atoms with Crippen molar-refractivity contribution in [1.82, 2.24) is 15.5 Å². The molecule has 0 aliphatic carbocycles. The molecule has 4 amide bonds. The normalized spacial score (nSPS) is 14.7. The molecule has 1 heterocycles. The van der Waals surface area contributed by atoms with Gasteiger partial charge < -0.3 is 10.6 Å². The lowest BCUT2D eigenvalue weighted by Gasteiger charge is -2.13. The van der Waals surface area contributed by atoms with Crippen LogP contribution in [0.2, 0.25) is 10.0 Å². The molecule has 0 radical (unpaired) electrons. The second-order valence-electron chi connectivity index (χ2n) is 6.72. The molecule has 0 bridgehead atoms. The van der Waals surface area contributed by atoms with E-state index in [9.17, 15) is 19.2 Å². The van der Waals surface area contributed by atoms with Gasteiger partial charge >= 0.3 is 0 Å². The number of imide groups is 1. The van der Waals surface area contributed by atoms with Crippen LogP contribution in [0.1, 0.15) is 22.3 Å². The monoisotopic (exact) mass is 491 g/mol. The van der Waals surface area contributed by atoms with E-state index in [1.54, 1.807) is 54.6 Å². The Kier molecular flexibility index (Phi) is 8.33. The van der Waals surface area contributed by atoms with Crippen LogP contribution in [-0.4, -0.2) is 47.5 Å². The zero-order valence-electron chi connectivity index (χ0n) is 16.8. The van der Waals surface area contributed by atoms with E-state index >= 15 is 0 Å². The number of amides is 4. The Hall–Kier alpha value is -2.81. The number of carbonyl (C=O) groups excluding carboxylic acids is 4. The summed E-state index contributed by atoms with van der Waals surface area (Å²) in [5.41, 5.74) is 1.09. The zero-order valence-corrected chi connectivity index (χ0v) is 19.1. The molecule has 3 rings (SSSR count). The summed E-state index contributed by atoms with van der Waals surface area (Å²) >= 11 is 12.7. The van der Waals surface area contributed by atoms with Gasteiger partial charge in [0.2, 0.25) is 5.91 Å². The summed E-state index contributed by atoms with van der Waals surface area (Å²) in [6.07, 6.45) is 1.68. The van der Waals surface area contributed by atoms with Gasteiger partial charge in [-0.2, -0.15) is 0 Å². The molecule has 0 spiro atoms. The zero-order chi connectivity index (χ0) is 23.1. The van der Waals surface area contributed by atoms with Crippen LogP contribution >= 0.6 is 35.0 Å². The van der Waals surface area contributed by atoms with Gasteiger partial charge in [0, 0.05) is 31.1 Å². The minimum absolute atomic E-state index is 0.0502. The lowest BCUT2D eigenvalue weighted by atomic mass is 10.2. The molecule has 2 aromatic rings. The van der Waals surface area contributed by atoms with Crippen LogP contribution in [0.25, 0.3) is 6.08 Å². The number of carbonyl (C=O) groups is 4. The predicted molar refractivity (Wildman–Crippen MR) is 126 cm³/mol. The third kappa shape index (κ3) is 6.35. The Labute approximate surface area is 199 Å². The summed E-state index contributed by atoms with van der Waals surface area (Å²) in [4.78, 5) is 50.1. The van der Waals surface area contributed by atoms with E-state index in [4.69, 9.17) is 23.2 Å². The van der Waals surface area contributed by atoms with E-state index < -0.39 is 11.1 Å². The molecular formula is C22H19Cl2N3O4S. The average Bonchev–Trinajstić information content (AvgIpc) is 3.03. The molecule has 0 atom stereocenters. The van der Waals surface area contributed by atoms with Gasteiger partial charge in [-0.1, -0.05) is 47.5 Å². The summed E-state index contributed by atoms with van der Waals surface area (Å²) in [5, 5.41) is 5.78. The molecule has 2 N–H and O–H groups in total. The number of rotatable bonds is 8. The molecule has 7 nitrogen and oxygen atoms in total. The van der Waals surface area contributed by atoms with Gasteiger partial charge in [-0.15, -0.1) is 0 Å². The lowest BCUT2D eigenvalue weighted by molar-refractivity contribution is -0.124. The molecule has 1 fully saturated rings. The Morgan fingerprint density at radius 1 is 0.969 bits per heavy atom. The van der Waals surface area contributed by atoms with Crippen molar-refractivity contribution in [2.45, 2.75) is 6.42 Å². The molecule has 10 heteroatoms. The van der Waals surface area contributed by atoms with Gasteiger partial charge in [0.15, 0.2) is 0 Å².